The second kappa shape index (κ2) is 8.00. The van der Waals surface area contributed by atoms with Crippen LogP contribution < -0.4 is 4.90 Å². The summed E-state index contributed by atoms with van der Waals surface area (Å²) in [5.74, 6) is -0.665. The van der Waals surface area contributed by atoms with Crippen LogP contribution in [0.1, 0.15) is 26.3 Å². The topological polar surface area (TPSA) is 76.1 Å². The van der Waals surface area contributed by atoms with Crippen LogP contribution in [0.25, 0.3) is 21.8 Å². The summed E-state index contributed by atoms with van der Waals surface area (Å²) in [4.78, 5) is 41.8. The van der Waals surface area contributed by atoms with Gasteiger partial charge < -0.3 is 0 Å². The van der Waals surface area contributed by atoms with Gasteiger partial charge in [0, 0.05) is 29.4 Å². The van der Waals surface area contributed by atoms with Crippen LogP contribution in [0.4, 0.5) is 5.82 Å². The second-order valence-electron chi connectivity index (χ2n) is 7.39. The van der Waals surface area contributed by atoms with E-state index in [1.54, 1.807) is 36.8 Å². The van der Waals surface area contributed by atoms with E-state index in [1.807, 2.05) is 61.5 Å². The van der Waals surface area contributed by atoms with Crippen molar-refractivity contribution in [1.29, 1.82) is 0 Å². The van der Waals surface area contributed by atoms with Gasteiger partial charge in [0.05, 0.1) is 22.2 Å². The molecule has 0 atom stereocenters. The van der Waals surface area contributed by atoms with E-state index in [-0.39, 0.29) is 5.82 Å². The molecule has 0 aliphatic heterocycles. The smallest absolute Gasteiger partial charge is 0.267 e. The number of anilines is 1. The fourth-order valence-electron chi connectivity index (χ4n) is 3.75. The monoisotopic (exact) mass is 418 g/mol. The van der Waals surface area contributed by atoms with E-state index in [1.165, 1.54) is 0 Å². The molecule has 5 rings (SSSR count). The molecule has 0 saturated heterocycles. The van der Waals surface area contributed by atoms with Crippen LogP contribution in [-0.4, -0.2) is 26.8 Å². The number of carbonyl (C=O) groups is 2. The lowest BCUT2D eigenvalue weighted by Crippen LogP contribution is -2.38. The highest BCUT2D eigenvalue weighted by Crippen LogP contribution is 2.25. The van der Waals surface area contributed by atoms with Gasteiger partial charge in [-0.15, -0.1) is 0 Å². The summed E-state index contributed by atoms with van der Waals surface area (Å²) in [6, 6.07) is 21.5. The molecule has 154 valence electrons. The van der Waals surface area contributed by atoms with Crippen molar-refractivity contribution in [3.63, 3.8) is 0 Å². The fourth-order valence-corrected chi connectivity index (χ4v) is 3.75. The summed E-state index contributed by atoms with van der Waals surface area (Å²) < 4.78 is 0. The summed E-state index contributed by atoms with van der Waals surface area (Å²) >= 11 is 0. The van der Waals surface area contributed by atoms with E-state index in [4.69, 9.17) is 0 Å². The maximum Gasteiger partial charge on any atom is 0.267 e. The van der Waals surface area contributed by atoms with Gasteiger partial charge in [-0.2, -0.15) is 0 Å². The van der Waals surface area contributed by atoms with Gasteiger partial charge in [-0.25, -0.2) is 9.88 Å². The molecule has 0 N–H and O–H groups in total. The zero-order valence-corrected chi connectivity index (χ0v) is 17.3. The molecule has 0 radical (unpaired) electrons. The first-order chi connectivity index (χ1) is 15.6. The third-order valence-corrected chi connectivity index (χ3v) is 5.30. The normalized spacial score (nSPS) is 10.9. The lowest BCUT2D eigenvalue weighted by molar-refractivity contribution is 0.0898. The van der Waals surface area contributed by atoms with Crippen LogP contribution in [0.3, 0.4) is 0 Å². The highest BCUT2D eigenvalue weighted by Gasteiger charge is 2.29. The first kappa shape index (κ1) is 19.5. The Morgan fingerprint density at radius 1 is 0.656 bits per heavy atom. The maximum atomic E-state index is 13.8. The molecule has 0 unspecified atom stereocenters. The van der Waals surface area contributed by atoms with Crippen LogP contribution in [-0.2, 0) is 0 Å². The Labute approximate surface area is 184 Å². The predicted octanol–water partition coefficient (Wildman–Crippen LogP) is 4.97. The molecule has 2 aromatic carbocycles. The fraction of sp³-hybridized carbons (Fsp3) is 0.0385. The molecule has 32 heavy (non-hydrogen) atoms. The third-order valence-electron chi connectivity index (χ3n) is 5.30. The quantitative estimate of drug-likeness (QED) is 0.387. The zero-order valence-electron chi connectivity index (χ0n) is 17.3. The molecule has 0 aliphatic rings. The van der Waals surface area contributed by atoms with Gasteiger partial charge in [0.2, 0.25) is 0 Å². The highest BCUT2D eigenvalue weighted by atomic mass is 16.2. The van der Waals surface area contributed by atoms with Gasteiger partial charge >= 0.3 is 0 Å². The molecule has 0 aliphatic carbocycles. The van der Waals surface area contributed by atoms with E-state index < -0.39 is 11.8 Å². The van der Waals surface area contributed by atoms with Crippen LogP contribution in [0.15, 0.2) is 91.4 Å². The highest BCUT2D eigenvalue weighted by molar-refractivity contribution is 6.29. The molecule has 2 amide bonds. The van der Waals surface area contributed by atoms with Crippen molar-refractivity contribution in [2.45, 2.75) is 6.92 Å². The van der Waals surface area contributed by atoms with Crippen molar-refractivity contribution < 1.29 is 9.59 Å². The summed E-state index contributed by atoms with van der Waals surface area (Å²) in [6.45, 7) is 1.89. The Morgan fingerprint density at radius 2 is 1.16 bits per heavy atom. The Hall–Kier alpha value is -4.45. The summed E-state index contributed by atoms with van der Waals surface area (Å²) in [6.07, 6.45) is 4.74. The number of hydrogen-bond donors (Lipinski definition) is 0. The van der Waals surface area contributed by atoms with Gasteiger partial charge in [-0.1, -0.05) is 36.4 Å². The number of aryl methyl sites for hydroxylation is 1. The summed E-state index contributed by atoms with van der Waals surface area (Å²) in [5, 5.41) is 1.34. The number of para-hydroxylation sites is 2. The van der Waals surface area contributed by atoms with Crippen molar-refractivity contribution in [3.8, 4) is 0 Å². The molecule has 0 saturated carbocycles. The second-order valence-corrected chi connectivity index (χ2v) is 7.39. The first-order valence-corrected chi connectivity index (χ1v) is 10.1. The molecule has 3 aromatic heterocycles. The van der Waals surface area contributed by atoms with Crippen LogP contribution in [0, 0.1) is 6.92 Å². The van der Waals surface area contributed by atoms with Crippen molar-refractivity contribution in [1.82, 2.24) is 15.0 Å². The minimum Gasteiger partial charge on any atom is -0.268 e. The largest absolute Gasteiger partial charge is 0.268 e. The van der Waals surface area contributed by atoms with E-state index in [0.29, 0.717) is 32.9 Å². The van der Waals surface area contributed by atoms with E-state index in [2.05, 4.69) is 15.0 Å². The van der Waals surface area contributed by atoms with Crippen LogP contribution in [0.5, 0.6) is 0 Å². The number of rotatable bonds is 3. The van der Waals surface area contributed by atoms with Gasteiger partial charge in [-0.05, 0) is 48.9 Å². The van der Waals surface area contributed by atoms with Crippen molar-refractivity contribution in [2.75, 3.05) is 4.90 Å². The number of benzene rings is 2. The van der Waals surface area contributed by atoms with E-state index in [9.17, 15) is 9.59 Å². The predicted molar refractivity (Wildman–Crippen MR) is 124 cm³/mol. The SMILES string of the molecule is Cc1ccnc(N(C(=O)c2ccnc3ccccc23)C(=O)c2ccnc3ccccc23)c1. The molecular weight excluding hydrogens is 400 g/mol. The minimum atomic E-state index is -0.465. The Morgan fingerprint density at radius 3 is 1.69 bits per heavy atom. The first-order valence-electron chi connectivity index (χ1n) is 10.1. The number of imide groups is 1. The van der Waals surface area contributed by atoms with Crippen molar-refractivity contribution in [2.24, 2.45) is 0 Å². The molecule has 6 heteroatoms. The number of carbonyl (C=O) groups excluding carboxylic acids is 2. The minimum absolute atomic E-state index is 0.266. The lowest BCUT2D eigenvalue weighted by Gasteiger charge is -2.22. The third kappa shape index (κ3) is 3.37. The van der Waals surface area contributed by atoms with Gasteiger partial charge in [0.15, 0.2) is 0 Å². The number of aromatic nitrogens is 3. The number of pyridine rings is 3. The molecule has 0 bridgehead atoms. The number of hydrogen-bond acceptors (Lipinski definition) is 5. The van der Waals surface area contributed by atoms with Gasteiger partial charge in [-0.3, -0.25) is 19.6 Å². The molecular formula is C26H18N4O2. The Kier molecular flexibility index (Phi) is 4.88. The zero-order chi connectivity index (χ0) is 22.1. The molecule has 5 aromatic rings. The van der Waals surface area contributed by atoms with Crippen LogP contribution in [0.2, 0.25) is 0 Å². The van der Waals surface area contributed by atoms with Gasteiger partial charge in [0.1, 0.15) is 5.82 Å². The maximum absolute atomic E-state index is 13.8. The van der Waals surface area contributed by atoms with Crippen LogP contribution >= 0.6 is 0 Å². The van der Waals surface area contributed by atoms with Crippen molar-refractivity contribution in [3.05, 3.63) is 108 Å². The average Bonchev–Trinajstić information content (AvgIpc) is 2.83. The van der Waals surface area contributed by atoms with Crippen molar-refractivity contribution >= 4 is 39.4 Å². The number of nitrogens with zero attached hydrogens (tertiary/aromatic N) is 4. The summed E-state index contributed by atoms with van der Waals surface area (Å²) in [5.41, 5.74) is 3.01. The Balaban J connectivity index is 1.71. The van der Waals surface area contributed by atoms with E-state index in [0.717, 1.165) is 10.5 Å². The molecule has 6 nitrogen and oxygen atoms in total. The Bertz CT molecular complexity index is 1390. The standard InChI is InChI=1S/C26H18N4O2/c1-17-10-13-29-24(16-17)30(25(31)20-11-14-27-22-8-4-2-6-18(20)22)26(32)21-12-15-28-23-9-5-3-7-19(21)23/h2-16H,1H3. The van der Waals surface area contributed by atoms with E-state index >= 15 is 0 Å². The molecule has 0 fully saturated rings. The number of amides is 2. The lowest BCUT2D eigenvalue weighted by atomic mass is 10.1. The summed E-state index contributed by atoms with van der Waals surface area (Å²) in [7, 11) is 0. The molecule has 3 heterocycles. The average molecular weight is 418 g/mol. The molecule has 0 spiro atoms. The van der Waals surface area contributed by atoms with Gasteiger partial charge in [0.25, 0.3) is 11.8 Å². The number of fused-ring (bicyclic) bond motifs is 2.